The Morgan fingerprint density at radius 1 is 1.16 bits per heavy atom. The van der Waals surface area contributed by atoms with Crippen molar-refractivity contribution in [3.63, 3.8) is 0 Å². The predicted molar refractivity (Wildman–Crippen MR) is 121 cm³/mol. The maximum atomic E-state index is 13.4. The quantitative estimate of drug-likeness (QED) is 0.607. The summed E-state index contributed by atoms with van der Waals surface area (Å²) in [7, 11) is -3.66. The van der Waals surface area contributed by atoms with Gasteiger partial charge in [0.05, 0.1) is 0 Å². The molecule has 1 aliphatic rings. The molecule has 10 heteroatoms. The molecule has 1 N–H and O–H groups in total. The fourth-order valence-corrected chi connectivity index (χ4v) is 6.66. The summed E-state index contributed by atoms with van der Waals surface area (Å²) in [4.78, 5) is 19.1. The summed E-state index contributed by atoms with van der Waals surface area (Å²) < 4.78 is 29.4. The lowest BCUT2D eigenvalue weighted by Crippen LogP contribution is -2.48. The van der Waals surface area contributed by atoms with Crippen molar-refractivity contribution < 1.29 is 18.3 Å². The van der Waals surface area contributed by atoms with Crippen LogP contribution < -0.4 is 4.90 Å². The van der Waals surface area contributed by atoms with Crippen LogP contribution in [0.25, 0.3) is 10.1 Å². The van der Waals surface area contributed by atoms with Gasteiger partial charge in [-0.1, -0.05) is 37.3 Å². The van der Waals surface area contributed by atoms with Gasteiger partial charge < -0.3 is 14.9 Å². The highest BCUT2D eigenvalue weighted by Gasteiger charge is 2.28. The molecule has 31 heavy (non-hydrogen) atoms. The average Bonchev–Trinajstić information content (AvgIpc) is 3.23. The first-order chi connectivity index (χ1) is 14.9. The van der Waals surface area contributed by atoms with Gasteiger partial charge in [-0.3, -0.25) is 0 Å². The van der Waals surface area contributed by atoms with Crippen molar-refractivity contribution in [1.29, 1.82) is 0 Å². The second-order valence-corrected chi connectivity index (χ2v) is 10.5. The van der Waals surface area contributed by atoms with Crippen LogP contribution in [0.4, 0.5) is 10.6 Å². The molecular weight excluding hydrogens is 436 g/mol. The van der Waals surface area contributed by atoms with Crippen molar-refractivity contribution in [2.45, 2.75) is 17.7 Å². The number of rotatable bonds is 6. The highest BCUT2D eigenvalue weighted by Crippen LogP contribution is 2.36. The van der Waals surface area contributed by atoms with Crippen molar-refractivity contribution in [2.24, 2.45) is 0 Å². The van der Waals surface area contributed by atoms with Gasteiger partial charge in [-0.15, -0.1) is 11.3 Å². The summed E-state index contributed by atoms with van der Waals surface area (Å²) in [6, 6.07) is 13.1. The zero-order chi connectivity index (χ0) is 22.0. The van der Waals surface area contributed by atoms with Crippen LogP contribution in [-0.2, 0) is 16.6 Å². The SMILES string of the molecule is CCN(Cc1ccccc1)S(=O)(=O)c1cc2c(N3CCN(C(=O)O)CC3)nccc2s1. The Kier molecular flexibility index (Phi) is 6.12. The van der Waals surface area contributed by atoms with Gasteiger partial charge in [0.25, 0.3) is 10.0 Å². The van der Waals surface area contributed by atoms with Gasteiger partial charge in [0.2, 0.25) is 0 Å². The lowest BCUT2D eigenvalue weighted by Gasteiger charge is -2.34. The first kappa shape index (κ1) is 21.5. The standard InChI is InChI=1S/C21H24N4O4S2/c1-2-25(15-16-6-4-3-5-7-16)31(28,29)19-14-17-18(30-19)8-9-22-20(17)23-10-12-24(13-11-23)21(26)27/h3-9,14H,2,10-13,15H2,1H3,(H,26,27). The third-order valence-corrected chi connectivity index (χ3v) is 8.87. The number of anilines is 1. The van der Waals surface area contributed by atoms with Crippen LogP contribution in [0.1, 0.15) is 12.5 Å². The monoisotopic (exact) mass is 460 g/mol. The van der Waals surface area contributed by atoms with Crippen LogP contribution in [-0.4, -0.2) is 66.5 Å². The number of amides is 1. The third-order valence-electron chi connectivity index (χ3n) is 5.40. The van der Waals surface area contributed by atoms with E-state index in [2.05, 4.69) is 4.98 Å². The largest absolute Gasteiger partial charge is 0.465 e. The molecule has 4 rings (SSSR count). The molecule has 8 nitrogen and oxygen atoms in total. The van der Waals surface area contributed by atoms with Crippen LogP contribution in [0.3, 0.4) is 0 Å². The Morgan fingerprint density at radius 2 is 1.87 bits per heavy atom. The van der Waals surface area contributed by atoms with Crippen LogP contribution in [0.5, 0.6) is 0 Å². The Balaban J connectivity index is 1.63. The Labute approximate surface area is 185 Å². The zero-order valence-corrected chi connectivity index (χ0v) is 18.8. The number of piperazine rings is 1. The number of nitrogens with zero attached hydrogens (tertiary/aromatic N) is 4. The van der Waals surface area contributed by atoms with Gasteiger partial charge >= 0.3 is 6.09 Å². The van der Waals surface area contributed by atoms with Crippen molar-refractivity contribution in [1.82, 2.24) is 14.2 Å². The third kappa shape index (κ3) is 4.36. The van der Waals surface area contributed by atoms with E-state index in [1.54, 1.807) is 12.3 Å². The number of hydrogen-bond acceptors (Lipinski definition) is 6. The van der Waals surface area contributed by atoms with Crippen molar-refractivity contribution in [3.05, 3.63) is 54.2 Å². The molecule has 0 bridgehead atoms. The summed E-state index contributed by atoms with van der Waals surface area (Å²) in [5, 5.41) is 9.95. The molecule has 3 aromatic rings. The predicted octanol–water partition coefficient (Wildman–Crippen LogP) is 3.31. The van der Waals surface area contributed by atoms with Gasteiger partial charge in [0.1, 0.15) is 10.0 Å². The number of pyridine rings is 1. The number of thiophene rings is 1. The summed E-state index contributed by atoms with van der Waals surface area (Å²) in [6.07, 6.45) is 0.753. The zero-order valence-electron chi connectivity index (χ0n) is 17.1. The van der Waals surface area contributed by atoms with E-state index in [1.165, 1.54) is 20.5 Å². The minimum atomic E-state index is -3.66. The normalized spacial score (nSPS) is 15.0. The highest BCUT2D eigenvalue weighted by molar-refractivity contribution is 7.91. The fourth-order valence-electron chi connectivity index (χ4n) is 3.70. The second-order valence-electron chi connectivity index (χ2n) is 7.29. The first-order valence-corrected chi connectivity index (χ1v) is 12.3. The Morgan fingerprint density at radius 3 is 2.52 bits per heavy atom. The minimum absolute atomic E-state index is 0.290. The number of aromatic nitrogens is 1. The maximum absolute atomic E-state index is 13.4. The first-order valence-electron chi connectivity index (χ1n) is 10.1. The van der Waals surface area contributed by atoms with Crippen molar-refractivity contribution in [3.8, 4) is 0 Å². The lowest BCUT2D eigenvalue weighted by molar-refractivity contribution is 0.142. The molecule has 1 aliphatic heterocycles. The van der Waals surface area contributed by atoms with E-state index in [0.717, 1.165) is 15.6 Å². The van der Waals surface area contributed by atoms with Crippen molar-refractivity contribution >= 4 is 43.4 Å². The molecule has 1 fully saturated rings. The van der Waals surface area contributed by atoms with Crippen molar-refractivity contribution in [2.75, 3.05) is 37.6 Å². The number of carboxylic acid groups (broad SMARTS) is 1. The second kappa shape index (κ2) is 8.81. The van der Waals surface area contributed by atoms with Crippen LogP contribution >= 0.6 is 11.3 Å². The van der Waals surface area contributed by atoms with E-state index in [4.69, 9.17) is 5.11 Å². The topological polar surface area (TPSA) is 94.1 Å². The smallest absolute Gasteiger partial charge is 0.407 e. The maximum Gasteiger partial charge on any atom is 0.407 e. The molecular formula is C21H24N4O4S2. The summed E-state index contributed by atoms with van der Waals surface area (Å²) in [5.74, 6) is 0.700. The highest BCUT2D eigenvalue weighted by atomic mass is 32.2. The minimum Gasteiger partial charge on any atom is -0.465 e. The summed E-state index contributed by atoms with van der Waals surface area (Å²) >= 11 is 1.24. The molecule has 0 saturated carbocycles. The number of sulfonamides is 1. The molecule has 0 unspecified atom stereocenters. The molecule has 1 amide bonds. The number of benzene rings is 1. The van der Waals surface area contributed by atoms with Crippen LogP contribution in [0, 0.1) is 0 Å². The number of fused-ring (bicyclic) bond motifs is 1. The molecule has 1 aromatic carbocycles. The van der Waals surface area contributed by atoms with Gasteiger partial charge in [0.15, 0.2) is 0 Å². The molecule has 1 saturated heterocycles. The van der Waals surface area contributed by atoms with Crippen LogP contribution in [0.2, 0.25) is 0 Å². The van der Waals surface area contributed by atoms with Gasteiger partial charge in [-0.05, 0) is 17.7 Å². The molecule has 164 valence electrons. The van der Waals surface area contributed by atoms with Crippen LogP contribution in [0.15, 0.2) is 52.9 Å². The van der Waals surface area contributed by atoms with E-state index >= 15 is 0 Å². The summed E-state index contributed by atoms with van der Waals surface area (Å²) in [5.41, 5.74) is 0.938. The molecule has 0 radical (unpaired) electrons. The van der Waals surface area contributed by atoms with E-state index in [-0.39, 0.29) is 0 Å². The van der Waals surface area contributed by atoms with E-state index in [9.17, 15) is 13.2 Å². The Bertz CT molecular complexity index is 1170. The molecule has 0 aliphatic carbocycles. The summed E-state index contributed by atoms with van der Waals surface area (Å²) in [6.45, 7) is 4.34. The van der Waals surface area contributed by atoms with E-state index in [1.807, 2.05) is 48.2 Å². The molecule has 0 spiro atoms. The molecule has 3 heterocycles. The molecule has 0 atom stereocenters. The average molecular weight is 461 g/mol. The lowest BCUT2D eigenvalue weighted by atomic mass is 10.2. The van der Waals surface area contributed by atoms with E-state index < -0.39 is 16.1 Å². The molecule has 2 aromatic heterocycles. The number of carbonyl (C=O) groups is 1. The van der Waals surface area contributed by atoms with Gasteiger partial charge in [0, 0.05) is 55.6 Å². The van der Waals surface area contributed by atoms with E-state index in [0.29, 0.717) is 49.3 Å². The fraction of sp³-hybridized carbons (Fsp3) is 0.333. The number of hydrogen-bond donors (Lipinski definition) is 1. The van der Waals surface area contributed by atoms with Gasteiger partial charge in [-0.25, -0.2) is 18.2 Å². The Hall–Kier alpha value is -2.69. The van der Waals surface area contributed by atoms with Gasteiger partial charge in [-0.2, -0.15) is 4.31 Å².